The molecule has 0 spiro atoms. The van der Waals surface area contributed by atoms with Gasteiger partial charge in [-0.2, -0.15) is 0 Å². The SMILES string of the molecule is C[C@]1(C2CCOC2)C[C@@H]1N. The van der Waals surface area contributed by atoms with Crippen LogP contribution in [0.3, 0.4) is 0 Å². The van der Waals surface area contributed by atoms with E-state index in [1.54, 1.807) is 0 Å². The van der Waals surface area contributed by atoms with E-state index in [2.05, 4.69) is 6.92 Å². The number of ether oxygens (including phenoxy) is 1. The molecule has 58 valence electrons. The first kappa shape index (κ1) is 6.62. The van der Waals surface area contributed by atoms with Crippen LogP contribution in [0.25, 0.3) is 0 Å². The molecule has 0 aromatic carbocycles. The fraction of sp³-hybridized carbons (Fsp3) is 1.00. The largest absolute Gasteiger partial charge is 0.381 e. The predicted octanol–water partition coefficient (Wildman–Crippen LogP) is 0.760. The molecule has 3 atom stereocenters. The van der Waals surface area contributed by atoms with Gasteiger partial charge in [-0.15, -0.1) is 0 Å². The van der Waals surface area contributed by atoms with Crippen molar-refractivity contribution in [1.29, 1.82) is 0 Å². The highest BCUT2D eigenvalue weighted by molar-refractivity contribution is 5.07. The van der Waals surface area contributed by atoms with Crippen LogP contribution in [0.5, 0.6) is 0 Å². The maximum atomic E-state index is 5.82. The Morgan fingerprint density at radius 2 is 2.30 bits per heavy atom. The lowest BCUT2D eigenvalue weighted by Crippen LogP contribution is -2.20. The average Bonchev–Trinajstić information content (AvgIpc) is 2.35. The van der Waals surface area contributed by atoms with Crippen LogP contribution in [-0.4, -0.2) is 19.3 Å². The van der Waals surface area contributed by atoms with Crippen LogP contribution in [0.4, 0.5) is 0 Å². The maximum Gasteiger partial charge on any atom is 0.0500 e. The first-order valence-corrected chi connectivity index (χ1v) is 4.07. The van der Waals surface area contributed by atoms with E-state index in [1.807, 2.05) is 0 Å². The third kappa shape index (κ3) is 0.789. The van der Waals surface area contributed by atoms with Crippen molar-refractivity contribution in [3.05, 3.63) is 0 Å². The van der Waals surface area contributed by atoms with Crippen molar-refractivity contribution in [2.45, 2.75) is 25.8 Å². The van der Waals surface area contributed by atoms with Gasteiger partial charge in [-0.3, -0.25) is 0 Å². The van der Waals surface area contributed by atoms with E-state index in [9.17, 15) is 0 Å². The average molecular weight is 141 g/mol. The molecule has 0 amide bonds. The molecule has 2 nitrogen and oxygen atoms in total. The van der Waals surface area contributed by atoms with E-state index in [0.717, 1.165) is 19.1 Å². The van der Waals surface area contributed by atoms with Gasteiger partial charge in [0.1, 0.15) is 0 Å². The van der Waals surface area contributed by atoms with Gasteiger partial charge in [0.2, 0.25) is 0 Å². The summed E-state index contributed by atoms with van der Waals surface area (Å²) >= 11 is 0. The van der Waals surface area contributed by atoms with Gasteiger partial charge in [0.15, 0.2) is 0 Å². The smallest absolute Gasteiger partial charge is 0.0500 e. The van der Waals surface area contributed by atoms with Gasteiger partial charge in [-0.25, -0.2) is 0 Å². The summed E-state index contributed by atoms with van der Waals surface area (Å²) in [5, 5.41) is 0. The Labute approximate surface area is 61.7 Å². The molecule has 0 radical (unpaired) electrons. The fourth-order valence-corrected chi connectivity index (χ4v) is 1.94. The molecule has 2 fully saturated rings. The summed E-state index contributed by atoms with van der Waals surface area (Å²) in [6, 6.07) is 0.458. The lowest BCUT2D eigenvalue weighted by atomic mass is 9.90. The van der Waals surface area contributed by atoms with Crippen LogP contribution in [-0.2, 0) is 4.74 Å². The van der Waals surface area contributed by atoms with Crippen molar-refractivity contribution in [2.24, 2.45) is 17.1 Å². The Kier molecular flexibility index (Phi) is 1.29. The van der Waals surface area contributed by atoms with E-state index in [1.165, 1.54) is 12.8 Å². The van der Waals surface area contributed by atoms with Gasteiger partial charge in [-0.05, 0) is 24.2 Å². The second kappa shape index (κ2) is 1.95. The van der Waals surface area contributed by atoms with E-state index < -0.39 is 0 Å². The highest BCUT2D eigenvalue weighted by Gasteiger charge is 2.53. The maximum absolute atomic E-state index is 5.82. The lowest BCUT2D eigenvalue weighted by molar-refractivity contribution is 0.169. The first-order chi connectivity index (χ1) is 4.73. The zero-order valence-electron chi connectivity index (χ0n) is 6.47. The Morgan fingerprint density at radius 1 is 1.60 bits per heavy atom. The van der Waals surface area contributed by atoms with Crippen LogP contribution in [0.2, 0.25) is 0 Å². The molecule has 1 aliphatic carbocycles. The van der Waals surface area contributed by atoms with Crippen molar-refractivity contribution in [3.63, 3.8) is 0 Å². The summed E-state index contributed by atoms with van der Waals surface area (Å²) in [5.41, 5.74) is 6.27. The van der Waals surface area contributed by atoms with Crippen molar-refractivity contribution in [1.82, 2.24) is 0 Å². The highest BCUT2D eigenvalue weighted by Crippen LogP contribution is 2.52. The minimum atomic E-state index is 0.441. The second-order valence-electron chi connectivity index (χ2n) is 3.88. The van der Waals surface area contributed by atoms with Crippen LogP contribution in [0.1, 0.15) is 19.8 Å². The molecule has 0 aromatic heterocycles. The molecule has 1 saturated heterocycles. The third-order valence-corrected chi connectivity index (χ3v) is 3.21. The number of hydrogen-bond donors (Lipinski definition) is 1. The Balaban J connectivity index is 1.99. The quantitative estimate of drug-likeness (QED) is 0.585. The second-order valence-corrected chi connectivity index (χ2v) is 3.88. The topological polar surface area (TPSA) is 35.2 Å². The third-order valence-electron chi connectivity index (χ3n) is 3.21. The molecule has 2 heteroatoms. The molecule has 1 aliphatic heterocycles. The van der Waals surface area contributed by atoms with Gasteiger partial charge in [0, 0.05) is 12.6 Å². The number of rotatable bonds is 1. The van der Waals surface area contributed by atoms with E-state index in [-0.39, 0.29) is 0 Å². The minimum absolute atomic E-state index is 0.441. The van der Waals surface area contributed by atoms with Crippen LogP contribution in [0.15, 0.2) is 0 Å². The van der Waals surface area contributed by atoms with Gasteiger partial charge in [0.05, 0.1) is 6.61 Å². The summed E-state index contributed by atoms with van der Waals surface area (Å²) < 4.78 is 5.32. The highest BCUT2D eigenvalue weighted by atomic mass is 16.5. The predicted molar refractivity (Wildman–Crippen MR) is 39.6 cm³/mol. The summed E-state index contributed by atoms with van der Waals surface area (Å²) in [7, 11) is 0. The van der Waals surface area contributed by atoms with Crippen molar-refractivity contribution >= 4 is 0 Å². The normalized spacial score (nSPS) is 53.4. The zero-order valence-corrected chi connectivity index (χ0v) is 6.47. The molecule has 10 heavy (non-hydrogen) atoms. The van der Waals surface area contributed by atoms with Gasteiger partial charge in [0.25, 0.3) is 0 Å². The minimum Gasteiger partial charge on any atom is -0.381 e. The Hall–Kier alpha value is -0.0800. The molecule has 0 bridgehead atoms. The van der Waals surface area contributed by atoms with Crippen LogP contribution in [0, 0.1) is 11.3 Å². The Morgan fingerprint density at radius 3 is 2.70 bits per heavy atom. The molecule has 0 aromatic rings. The summed E-state index contributed by atoms with van der Waals surface area (Å²) in [6.07, 6.45) is 2.44. The summed E-state index contributed by atoms with van der Waals surface area (Å²) in [5.74, 6) is 0.752. The molecular weight excluding hydrogens is 126 g/mol. The van der Waals surface area contributed by atoms with Crippen LogP contribution < -0.4 is 5.73 Å². The van der Waals surface area contributed by atoms with Crippen molar-refractivity contribution in [3.8, 4) is 0 Å². The Bertz CT molecular complexity index is 142. The number of nitrogens with two attached hydrogens (primary N) is 1. The van der Waals surface area contributed by atoms with E-state index >= 15 is 0 Å². The monoisotopic (exact) mass is 141 g/mol. The molecule has 2 rings (SSSR count). The number of hydrogen-bond acceptors (Lipinski definition) is 2. The molecule has 2 N–H and O–H groups in total. The van der Waals surface area contributed by atoms with Gasteiger partial charge in [-0.1, -0.05) is 6.92 Å². The molecule has 2 aliphatic rings. The van der Waals surface area contributed by atoms with Crippen molar-refractivity contribution < 1.29 is 4.74 Å². The lowest BCUT2D eigenvalue weighted by Gasteiger charge is -2.15. The first-order valence-electron chi connectivity index (χ1n) is 4.07. The van der Waals surface area contributed by atoms with Gasteiger partial charge >= 0.3 is 0 Å². The molecule has 1 saturated carbocycles. The van der Waals surface area contributed by atoms with Gasteiger partial charge < -0.3 is 10.5 Å². The van der Waals surface area contributed by atoms with E-state index in [0.29, 0.717) is 11.5 Å². The zero-order chi connectivity index (χ0) is 7.19. The summed E-state index contributed by atoms with van der Waals surface area (Å²) in [6.45, 7) is 4.19. The summed E-state index contributed by atoms with van der Waals surface area (Å²) in [4.78, 5) is 0. The van der Waals surface area contributed by atoms with E-state index in [4.69, 9.17) is 10.5 Å². The fourth-order valence-electron chi connectivity index (χ4n) is 1.94. The van der Waals surface area contributed by atoms with Crippen molar-refractivity contribution in [2.75, 3.05) is 13.2 Å². The molecular formula is C8H15NO. The van der Waals surface area contributed by atoms with Crippen LogP contribution >= 0.6 is 0 Å². The molecule has 1 unspecified atom stereocenters. The standard InChI is InChI=1S/C8H15NO/c1-8(4-7(8)9)6-2-3-10-5-6/h6-7H,2-5,9H2,1H3/t6?,7-,8+/m0/s1. The molecule has 1 heterocycles.